The van der Waals surface area contributed by atoms with Crippen LogP contribution in [0.1, 0.15) is 41.7 Å². The molecule has 0 bridgehead atoms. The maximum Gasteiger partial charge on any atom is 0.270 e. The highest BCUT2D eigenvalue weighted by Gasteiger charge is 2.30. The van der Waals surface area contributed by atoms with Crippen molar-refractivity contribution >= 4 is 34.1 Å². The number of pyridine rings is 2. The smallest absolute Gasteiger partial charge is 0.270 e. The fourth-order valence-corrected chi connectivity index (χ4v) is 6.83. The van der Waals surface area contributed by atoms with Gasteiger partial charge >= 0.3 is 0 Å². The van der Waals surface area contributed by atoms with E-state index in [2.05, 4.69) is 30.2 Å². The summed E-state index contributed by atoms with van der Waals surface area (Å²) in [5.41, 5.74) is 2.99. The molecule has 51 heavy (non-hydrogen) atoms. The van der Waals surface area contributed by atoms with Crippen LogP contribution in [0, 0.1) is 5.82 Å². The molecule has 2 fully saturated rings. The van der Waals surface area contributed by atoms with Crippen LogP contribution in [0.15, 0.2) is 67.4 Å². The van der Waals surface area contributed by atoms with Crippen LogP contribution < -0.4 is 14.4 Å². The van der Waals surface area contributed by atoms with Crippen LogP contribution in [0.25, 0.3) is 27.6 Å². The maximum atomic E-state index is 16.8. The molecule has 0 unspecified atom stereocenters. The van der Waals surface area contributed by atoms with E-state index in [1.807, 2.05) is 30.3 Å². The van der Waals surface area contributed by atoms with Gasteiger partial charge in [-0.25, -0.2) is 9.37 Å². The molecule has 2 aliphatic heterocycles. The van der Waals surface area contributed by atoms with Crippen LogP contribution in [-0.4, -0.2) is 104 Å². The van der Waals surface area contributed by atoms with Gasteiger partial charge in [-0.1, -0.05) is 11.3 Å². The molecule has 13 nitrogen and oxygen atoms in total. The molecule has 0 atom stereocenters. The Morgan fingerprint density at radius 3 is 2.63 bits per heavy atom. The number of nitrogens with zero attached hydrogens (tertiary/aromatic N) is 8. The number of hydrogen-bond donors (Lipinski definition) is 1. The van der Waals surface area contributed by atoms with Crippen LogP contribution in [0.5, 0.6) is 11.5 Å². The Bertz CT molecular complexity index is 2100. The standard InChI is InChI=1S/C37H38FN9O4/c1-50-32-5-2-10-40-36(32)44-16-18-45(19-17-44)37(49)30-21-28-27(29-22-39-11-8-31(29)51-25-6-7-25)20-26(34(38)35(28)42-30)24-4-3-13-46(23-24)33(48)9-14-47-15-12-41-43-47/h2,4-5,8,10-12,15,20-22,25,42H,3,6-7,9,13-14,16-19,23H2,1H3. The molecule has 1 saturated heterocycles. The molecule has 3 aliphatic rings. The lowest BCUT2D eigenvalue weighted by Gasteiger charge is -2.35. The zero-order chi connectivity index (χ0) is 34.9. The molecule has 4 aromatic heterocycles. The van der Waals surface area contributed by atoms with Gasteiger partial charge in [0.1, 0.15) is 11.4 Å². The van der Waals surface area contributed by atoms with E-state index in [4.69, 9.17) is 9.47 Å². The van der Waals surface area contributed by atoms with Crippen LogP contribution >= 0.6 is 0 Å². The number of aryl methyl sites for hydroxylation is 1. The summed E-state index contributed by atoms with van der Waals surface area (Å²) in [6, 6.07) is 9.06. The number of aromatic nitrogens is 6. The first-order valence-corrected chi connectivity index (χ1v) is 17.3. The number of H-pyrrole nitrogens is 1. The third-order valence-corrected chi connectivity index (χ3v) is 9.69. The summed E-state index contributed by atoms with van der Waals surface area (Å²) < 4.78 is 30.2. The van der Waals surface area contributed by atoms with E-state index >= 15 is 4.39 Å². The number of anilines is 1. The lowest BCUT2D eigenvalue weighted by molar-refractivity contribution is -0.131. The Hall–Kier alpha value is -5.79. The summed E-state index contributed by atoms with van der Waals surface area (Å²) in [6.45, 7) is 3.28. The van der Waals surface area contributed by atoms with E-state index in [0.29, 0.717) is 90.5 Å². The molecule has 1 aromatic carbocycles. The van der Waals surface area contributed by atoms with Crippen LogP contribution in [0.4, 0.5) is 10.2 Å². The number of piperazine rings is 1. The van der Waals surface area contributed by atoms with E-state index in [0.717, 1.165) is 18.7 Å². The number of carbonyl (C=O) groups is 2. The highest BCUT2D eigenvalue weighted by molar-refractivity contribution is 6.05. The highest BCUT2D eigenvalue weighted by atomic mass is 19.1. The second kappa shape index (κ2) is 13.8. The Kier molecular flexibility index (Phi) is 8.80. The minimum absolute atomic E-state index is 0.0421. The lowest BCUT2D eigenvalue weighted by Crippen LogP contribution is -2.49. The fourth-order valence-electron chi connectivity index (χ4n) is 6.83. The van der Waals surface area contributed by atoms with E-state index in [1.54, 1.807) is 58.6 Å². The normalized spacial score (nSPS) is 16.4. The number of methoxy groups -OCH3 is 1. The van der Waals surface area contributed by atoms with Gasteiger partial charge in [0.15, 0.2) is 17.4 Å². The molecular weight excluding hydrogens is 653 g/mol. The third-order valence-electron chi connectivity index (χ3n) is 9.69. The first kappa shape index (κ1) is 32.4. The van der Waals surface area contributed by atoms with Gasteiger partial charge in [0.05, 0.1) is 31.5 Å². The first-order chi connectivity index (χ1) is 25.0. The van der Waals surface area contributed by atoms with Gasteiger partial charge in [0.25, 0.3) is 5.91 Å². The zero-order valence-corrected chi connectivity index (χ0v) is 28.3. The number of hydrogen-bond acceptors (Lipinski definition) is 9. The van der Waals surface area contributed by atoms with E-state index in [9.17, 15) is 9.59 Å². The van der Waals surface area contributed by atoms with Crippen molar-refractivity contribution in [1.29, 1.82) is 0 Å². The van der Waals surface area contributed by atoms with Gasteiger partial charge in [-0.15, -0.1) is 5.10 Å². The topological polar surface area (TPSA) is 135 Å². The van der Waals surface area contributed by atoms with Crippen LogP contribution in [0.3, 0.4) is 0 Å². The minimum Gasteiger partial charge on any atom is -0.493 e. The number of carbonyl (C=O) groups excluding carboxylic acids is 2. The third kappa shape index (κ3) is 6.60. The molecule has 262 valence electrons. The van der Waals surface area contributed by atoms with Crippen molar-refractivity contribution < 1.29 is 23.5 Å². The molecule has 5 aromatic rings. The predicted molar refractivity (Wildman–Crippen MR) is 188 cm³/mol. The number of aromatic amines is 1. The Morgan fingerprint density at radius 1 is 0.980 bits per heavy atom. The monoisotopic (exact) mass is 691 g/mol. The van der Waals surface area contributed by atoms with Crippen molar-refractivity contribution in [2.75, 3.05) is 51.3 Å². The number of nitrogens with one attached hydrogen (secondary N) is 1. The molecule has 6 heterocycles. The summed E-state index contributed by atoms with van der Waals surface area (Å²) in [6.07, 6.45) is 13.3. The summed E-state index contributed by atoms with van der Waals surface area (Å²) >= 11 is 0. The Balaban J connectivity index is 1.11. The van der Waals surface area contributed by atoms with Crippen molar-refractivity contribution in [3.8, 4) is 22.6 Å². The Morgan fingerprint density at radius 2 is 1.84 bits per heavy atom. The van der Waals surface area contributed by atoms with Gasteiger partial charge < -0.3 is 29.2 Å². The molecule has 2 amide bonds. The average molecular weight is 692 g/mol. The van der Waals surface area contributed by atoms with E-state index < -0.39 is 5.82 Å². The highest BCUT2D eigenvalue weighted by Crippen LogP contribution is 2.41. The van der Waals surface area contributed by atoms with Crippen molar-refractivity contribution in [2.24, 2.45) is 0 Å². The number of rotatable bonds is 10. The summed E-state index contributed by atoms with van der Waals surface area (Å²) in [4.78, 5) is 44.9. The largest absolute Gasteiger partial charge is 0.493 e. The predicted octanol–water partition coefficient (Wildman–Crippen LogP) is 4.57. The fraction of sp³-hybridized carbons (Fsp3) is 0.351. The van der Waals surface area contributed by atoms with Gasteiger partial charge in [0, 0.05) is 87.0 Å². The summed E-state index contributed by atoms with van der Waals surface area (Å²) in [5.74, 6) is 1.34. The summed E-state index contributed by atoms with van der Waals surface area (Å²) in [7, 11) is 1.62. The quantitative estimate of drug-likeness (QED) is 0.224. The van der Waals surface area contributed by atoms with Crippen LogP contribution in [0.2, 0.25) is 0 Å². The SMILES string of the molecule is COc1cccnc1N1CCN(C(=O)c2cc3c(-c4cnccc4OC4CC4)cc(C4=CCCN(C(=O)CCn5ccnn5)C4)c(F)c3[nH]2)CC1. The molecule has 1 aliphatic carbocycles. The molecular formula is C37H38FN9O4. The van der Waals surface area contributed by atoms with E-state index in [1.165, 1.54) is 0 Å². The summed E-state index contributed by atoms with van der Waals surface area (Å²) in [5, 5.41) is 8.31. The van der Waals surface area contributed by atoms with E-state index in [-0.39, 0.29) is 36.4 Å². The number of ether oxygens (including phenoxy) is 2. The van der Waals surface area contributed by atoms with Crippen molar-refractivity contribution in [3.05, 3.63) is 84.5 Å². The molecule has 1 saturated carbocycles. The molecule has 1 N–H and O–H groups in total. The van der Waals surface area contributed by atoms with Crippen molar-refractivity contribution in [1.82, 2.24) is 39.7 Å². The zero-order valence-electron chi connectivity index (χ0n) is 28.3. The van der Waals surface area contributed by atoms with Crippen molar-refractivity contribution in [2.45, 2.75) is 38.3 Å². The van der Waals surface area contributed by atoms with Crippen molar-refractivity contribution in [3.63, 3.8) is 0 Å². The number of fused-ring (bicyclic) bond motifs is 1. The van der Waals surface area contributed by atoms with Crippen LogP contribution in [-0.2, 0) is 11.3 Å². The lowest BCUT2D eigenvalue weighted by atomic mass is 9.93. The second-order valence-corrected chi connectivity index (χ2v) is 13.0. The molecule has 8 rings (SSSR count). The number of amides is 2. The maximum absolute atomic E-state index is 16.8. The first-order valence-electron chi connectivity index (χ1n) is 17.3. The minimum atomic E-state index is -0.475. The number of halogens is 1. The van der Waals surface area contributed by atoms with Gasteiger partial charge in [0.2, 0.25) is 5.91 Å². The molecule has 14 heteroatoms. The molecule has 0 radical (unpaired) electrons. The average Bonchev–Trinajstić information content (AvgIpc) is 3.62. The number of benzene rings is 1. The molecule has 0 spiro atoms. The van der Waals surface area contributed by atoms with Gasteiger partial charge in [-0.05, 0) is 60.7 Å². The van der Waals surface area contributed by atoms with Gasteiger partial charge in [-0.2, -0.15) is 0 Å². The second-order valence-electron chi connectivity index (χ2n) is 13.0. The van der Waals surface area contributed by atoms with Gasteiger partial charge in [-0.3, -0.25) is 19.3 Å². The Labute approximate surface area is 293 Å².